The molecular formula is C23H20N2O2. The minimum absolute atomic E-state index is 0.0638. The third-order valence-corrected chi connectivity index (χ3v) is 4.27. The van der Waals surface area contributed by atoms with Gasteiger partial charge in [0.25, 0.3) is 5.69 Å². The average molecular weight is 356 g/mol. The second kappa shape index (κ2) is 8.15. The molecule has 0 unspecified atom stereocenters. The zero-order chi connectivity index (χ0) is 19.2. The van der Waals surface area contributed by atoms with Crippen LogP contribution in [0.3, 0.4) is 0 Å². The zero-order valence-corrected chi connectivity index (χ0v) is 15.1. The summed E-state index contributed by atoms with van der Waals surface area (Å²) in [5.74, 6) is 0. The first-order valence-electron chi connectivity index (χ1n) is 8.56. The van der Waals surface area contributed by atoms with Gasteiger partial charge < -0.3 is 4.57 Å². The van der Waals surface area contributed by atoms with Crippen LogP contribution in [0.15, 0.2) is 85.6 Å². The Hall–Kier alpha value is -3.66. The van der Waals surface area contributed by atoms with Crippen molar-refractivity contribution in [2.24, 2.45) is 7.05 Å². The van der Waals surface area contributed by atoms with Gasteiger partial charge in [-0.1, -0.05) is 85.5 Å². The number of nitro groups is 1. The van der Waals surface area contributed by atoms with E-state index in [9.17, 15) is 10.1 Å². The van der Waals surface area contributed by atoms with Crippen LogP contribution in [-0.4, -0.2) is 9.49 Å². The van der Waals surface area contributed by atoms with E-state index in [1.165, 1.54) is 6.20 Å². The van der Waals surface area contributed by atoms with Crippen LogP contribution in [0.25, 0.3) is 17.7 Å². The minimum atomic E-state index is -0.359. The molecule has 4 heteroatoms. The van der Waals surface area contributed by atoms with Crippen molar-refractivity contribution >= 4 is 23.4 Å². The number of rotatable bonds is 6. The van der Waals surface area contributed by atoms with Crippen LogP contribution >= 0.6 is 0 Å². The second-order valence-electron chi connectivity index (χ2n) is 6.12. The number of nitrogens with zero attached hydrogens (tertiary/aromatic N) is 2. The van der Waals surface area contributed by atoms with Crippen LogP contribution in [0.4, 0.5) is 5.69 Å². The Labute approximate surface area is 158 Å². The summed E-state index contributed by atoms with van der Waals surface area (Å²) in [5.41, 5.74) is 4.10. The SMILES string of the molecule is C=C(c1ccccc1)c1c(/C=C/C=C/c2ccccc2)c([N+](=O)[O-])cn1C. The molecule has 0 aliphatic rings. The standard InChI is InChI=1S/C23H20N2O2/c1-18(20-14-7-4-8-15-20)23-21(22(25(26)27)17-24(23)2)16-10-9-13-19-11-5-3-6-12-19/h3-17H,1H2,2H3/b13-9+,16-10+. The molecule has 0 fully saturated rings. The monoisotopic (exact) mass is 356 g/mol. The van der Waals surface area contributed by atoms with E-state index in [0.29, 0.717) is 5.56 Å². The molecular weight excluding hydrogens is 336 g/mol. The van der Waals surface area contributed by atoms with Gasteiger partial charge in [-0.2, -0.15) is 0 Å². The molecule has 27 heavy (non-hydrogen) atoms. The fraction of sp³-hybridized carbons (Fsp3) is 0.0435. The molecule has 0 radical (unpaired) electrons. The summed E-state index contributed by atoms with van der Waals surface area (Å²) in [4.78, 5) is 11.2. The molecule has 0 aliphatic carbocycles. The Kier molecular flexibility index (Phi) is 5.47. The van der Waals surface area contributed by atoms with Gasteiger partial charge >= 0.3 is 0 Å². The molecule has 0 spiro atoms. The van der Waals surface area contributed by atoms with Crippen molar-refractivity contribution in [3.05, 3.63) is 118 Å². The summed E-state index contributed by atoms with van der Waals surface area (Å²) in [6.07, 6.45) is 8.94. The number of hydrogen-bond acceptors (Lipinski definition) is 2. The van der Waals surface area contributed by atoms with Crippen LogP contribution in [0.2, 0.25) is 0 Å². The Morgan fingerprint density at radius 2 is 1.59 bits per heavy atom. The lowest BCUT2D eigenvalue weighted by molar-refractivity contribution is -0.385. The lowest BCUT2D eigenvalue weighted by atomic mass is 10.0. The molecule has 1 heterocycles. The number of hydrogen-bond donors (Lipinski definition) is 0. The lowest BCUT2D eigenvalue weighted by Gasteiger charge is -2.08. The first-order valence-corrected chi connectivity index (χ1v) is 8.56. The van der Waals surface area contributed by atoms with E-state index in [0.717, 1.165) is 22.4 Å². The highest BCUT2D eigenvalue weighted by atomic mass is 16.6. The Balaban J connectivity index is 1.98. The summed E-state index contributed by atoms with van der Waals surface area (Å²) in [6, 6.07) is 19.6. The molecule has 2 aromatic carbocycles. The van der Waals surface area contributed by atoms with Crippen molar-refractivity contribution < 1.29 is 4.92 Å². The zero-order valence-electron chi connectivity index (χ0n) is 15.1. The third kappa shape index (κ3) is 4.12. The van der Waals surface area contributed by atoms with Crippen molar-refractivity contribution in [3.8, 4) is 0 Å². The highest BCUT2D eigenvalue weighted by Gasteiger charge is 2.22. The molecule has 0 bridgehead atoms. The maximum atomic E-state index is 11.5. The largest absolute Gasteiger partial charge is 0.344 e. The number of allylic oxidation sites excluding steroid dienone is 2. The Morgan fingerprint density at radius 1 is 1.00 bits per heavy atom. The fourth-order valence-electron chi connectivity index (χ4n) is 2.97. The molecule has 0 amide bonds. The van der Waals surface area contributed by atoms with E-state index in [-0.39, 0.29) is 10.6 Å². The van der Waals surface area contributed by atoms with Gasteiger partial charge in [0.15, 0.2) is 0 Å². The maximum Gasteiger partial charge on any atom is 0.294 e. The molecule has 1 aromatic heterocycles. The molecule has 0 saturated heterocycles. The smallest absolute Gasteiger partial charge is 0.294 e. The highest BCUT2D eigenvalue weighted by Crippen LogP contribution is 2.33. The topological polar surface area (TPSA) is 48.1 Å². The number of benzene rings is 2. The summed E-state index contributed by atoms with van der Waals surface area (Å²) < 4.78 is 1.76. The van der Waals surface area contributed by atoms with Gasteiger partial charge in [0.1, 0.15) is 0 Å². The lowest BCUT2D eigenvalue weighted by Crippen LogP contribution is -1.97. The predicted octanol–water partition coefficient (Wildman–Crippen LogP) is 5.72. The molecule has 0 saturated carbocycles. The van der Waals surface area contributed by atoms with Gasteiger partial charge in [0, 0.05) is 7.05 Å². The van der Waals surface area contributed by atoms with Crippen LogP contribution < -0.4 is 0 Å². The molecule has 3 rings (SSSR count). The quantitative estimate of drug-likeness (QED) is 0.322. The fourth-order valence-corrected chi connectivity index (χ4v) is 2.97. The molecule has 3 aromatic rings. The van der Waals surface area contributed by atoms with E-state index in [1.54, 1.807) is 17.7 Å². The van der Waals surface area contributed by atoms with Gasteiger partial charge in [-0.15, -0.1) is 0 Å². The minimum Gasteiger partial charge on any atom is -0.344 e. The summed E-state index contributed by atoms with van der Waals surface area (Å²) >= 11 is 0. The van der Waals surface area contributed by atoms with Crippen molar-refractivity contribution in [3.63, 3.8) is 0 Å². The van der Waals surface area contributed by atoms with Crippen LogP contribution in [0.5, 0.6) is 0 Å². The van der Waals surface area contributed by atoms with Gasteiger partial charge in [0.05, 0.1) is 22.4 Å². The first kappa shape index (κ1) is 18.1. The van der Waals surface area contributed by atoms with Crippen LogP contribution in [0, 0.1) is 10.1 Å². The second-order valence-corrected chi connectivity index (χ2v) is 6.12. The molecule has 4 nitrogen and oxygen atoms in total. The molecule has 0 aliphatic heterocycles. The normalized spacial score (nSPS) is 11.3. The van der Waals surface area contributed by atoms with Gasteiger partial charge in [-0.3, -0.25) is 10.1 Å². The summed E-state index contributed by atoms with van der Waals surface area (Å²) in [7, 11) is 1.80. The van der Waals surface area contributed by atoms with E-state index in [4.69, 9.17) is 0 Å². The van der Waals surface area contributed by atoms with Crippen LogP contribution in [-0.2, 0) is 7.05 Å². The molecule has 0 atom stereocenters. The van der Waals surface area contributed by atoms with Crippen molar-refractivity contribution in [1.82, 2.24) is 4.57 Å². The Morgan fingerprint density at radius 3 is 2.22 bits per heavy atom. The van der Waals surface area contributed by atoms with E-state index in [1.807, 2.05) is 78.9 Å². The van der Waals surface area contributed by atoms with Crippen molar-refractivity contribution in [2.45, 2.75) is 0 Å². The van der Waals surface area contributed by atoms with E-state index < -0.39 is 0 Å². The van der Waals surface area contributed by atoms with Crippen LogP contribution in [0.1, 0.15) is 22.4 Å². The first-order chi connectivity index (χ1) is 13.1. The summed E-state index contributed by atoms with van der Waals surface area (Å²) in [6.45, 7) is 4.17. The van der Waals surface area contributed by atoms with Crippen molar-refractivity contribution in [1.29, 1.82) is 0 Å². The maximum absolute atomic E-state index is 11.5. The van der Waals surface area contributed by atoms with E-state index in [2.05, 4.69) is 6.58 Å². The molecule has 0 N–H and O–H groups in total. The number of aryl methyl sites for hydroxylation is 1. The highest BCUT2D eigenvalue weighted by molar-refractivity contribution is 5.85. The van der Waals surface area contributed by atoms with E-state index >= 15 is 0 Å². The third-order valence-electron chi connectivity index (χ3n) is 4.27. The average Bonchev–Trinajstić information content (AvgIpc) is 3.02. The Bertz CT molecular complexity index is 1010. The van der Waals surface area contributed by atoms with Gasteiger partial charge in [0.2, 0.25) is 0 Å². The predicted molar refractivity (Wildman–Crippen MR) is 111 cm³/mol. The van der Waals surface area contributed by atoms with Gasteiger partial charge in [-0.05, 0) is 22.8 Å². The summed E-state index contributed by atoms with van der Waals surface area (Å²) in [5, 5.41) is 11.5. The number of aromatic nitrogens is 1. The van der Waals surface area contributed by atoms with Gasteiger partial charge in [-0.25, -0.2) is 0 Å². The van der Waals surface area contributed by atoms with Crippen molar-refractivity contribution in [2.75, 3.05) is 0 Å². The molecule has 134 valence electrons.